The average Bonchev–Trinajstić information content (AvgIpc) is 3.62. The Bertz CT molecular complexity index is 1820. The highest BCUT2D eigenvalue weighted by Crippen LogP contribution is 2.57. The summed E-state index contributed by atoms with van der Waals surface area (Å²) in [5.74, 6) is 1.95. The third-order valence-electron chi connectivity index (χ3n) is 18.5. The van der Waals surface area contributed by atoms with Crippen LogP contribution in [0.15, 0.2) is 48.5 Å². The molecular formula is C65H130FN7P4. The minimum absolute atomic E-state index is 0.00384. The Hall–Kier alpha value is -0.190. The maximum absolute atomic E-state index is 14.3. The van der Waals surface area contributed by atoms with Gasteiger partial charge in [0.1, 0.15) is 0 Å². The fraction of sp³-hybridized carbons (Fsp3) is 0.815. The highest BCUT2D eigenvalue weighted by molar-refractivity contribution is 7.13. The molecule has 8 unspecified atom stereocenters. The molecule has 0 aliphatic heterocycles. The molecule has 0 radical (unpaired) electrons. The third-order valence-corrected chi connectivity index (χ3v) is 20.2. The summed E-state index contributed by atoms with van der Waals surface area (Å²) in [4.78, 5) is 5.12. The summed E-state index contributed by atoms with van der Waals surface area (Å²) >= 11 is 0. The monoisotopic (exact) mass is 1150 g/mol. The van der Waals surface area contributed by atoms with Gasteiger partial charge >= 0.3 is 0 Å². The number of nitrogens with one attached hydrogen (secondary N) is 1. The Labute approximate surface area is 490 Å². The van der Waals surface area contributed by atoms with Crippen molar-refractivity contribution in [1.82, 2.24) is 34.0 Å². The molecule has 0 spiro atoms. The van der Waals surface area contributed by atoms with Crippen LogP contribution >= 0.6 is 37.6 Å². The van der Waals surface area contributed by atoms with Gasteiger partial charge in [0.25, 0.3) is 0 Å². The molecule has 77 heavy (non-hydrogen) atoms. The van der Waals surface area contributed by atoms with E-state index in [0.717, 1.165) is 83.0 Å². The van der Waals surface area contributed by atoms with Crippen molar-refractivity contribution in [2.75, 3.05) is 98.7 Å². The molecule has 12 heteroatoms. The summed E-state index contributed by atoms with van der Waals surface area (Å²) in [5, 5.41) is 3.90. The Morgan fingerprint density at radius 3 is 1.79 bits per heavy atom. The van der Waals surface area contributed by atoms with Gasteiger partial charge in [-0.15, -0.1) is 9.60 Å². The van der Waals surface area contributed by atoms with E-state index in [-0.39, 0.29) is 21.7 Å². The number of benzene rings is 2. The van der Waals surface area contributed by atoms with E-state index in [2.05, 4.69) is 254 Å². The molecule has 452 valence electrons. The summed E-state index contributed by atoms with van der Waals surface area (Å²) in [7, 11) is 13.7. The zero-order valence-electron chi connectivity index (χ0n) is 54.8. The van der Waals surface area contributed by atoms with E-state index in [9.17, 15) is 4.48 Å². The number of likely N-dealkylation sites (N-methyl/N-ethyl adjacent to an activating group) is 2. The second-order valence-corrected chi connectivity index (χ2v) is 29.2. The lowest BCUT2D eigenvalue weighted by molar-refractivity contribution is -0.0537. The molecule has 1 aliphatic rings. The molecule has 2 aromatic carbocycles. The van der Waals surface area contributed by atoms with Crippen molar-refractivity contribution in [1.29, 1.82) is 0 Å². The molecule has 7 nitrogen and oxygen atoms in total. The van der Waals surface area contributed by atoms with Crippen molar-refractivity contribution in [2.45, 2.75) is 208 Å². The zero-order chi connectivity index (χ0) is 59.4. The van der Waals surface area contributed by atoms with Crippen LogP contribution in [0.1, 0.15) is 219 Å². The number of hydrogen-bond acceptors (Lipinski definition) is 7. The van der Waals surface area contributed by atoms with Crippen LogP contribution in [0.5, 0.6) is 0 Å². The lowest BCUT2D eigenvalue weighted by Crippen LogP contribution is -2.49. The van der Waals surface area contributed by atoms with Crippen LogP contribution in [0.25, 0.3) is 0 Å². The van der Waals surface area contributed by atoms with Crippen LogP contribution in [0.4, 0.5) is 4.48 Å². The second-order valence-electron chi connectivity index (χ2n) is 26.6. The fourth-order valence-electron chi connectivity index (χ4n) is 11.0. The Kier molecular flexibility index (Phi) is 37.8. The van der Waals surface area contributed by atoms with E-state index < -0.39 is 0 Å². The van der Waals surface area contributed by atoms with Crippen molar-refractivity contribution in [3.8, 4) is 0 Å². The zero-order valence-corrected chi connectivity index (χ0v) is 59.4. The van der Waals surface area contributed by atoms with E-state index in [0.29, 0.717) is 42.3 Å². The van der Waals surface area contributed by atoms with Crippen molar-refractivity contribution in [2.24, 2.45) is 38.9 Å². The van der Waals surface area contributed by atoms with Gasteiger partial charge in [0.2, 0.25) is 0 Å². The van der Waals surface area contributed by atoms with E-state index in [1.54, 1.807) is 11.1 Å². The first-order valence-electron chi connectivity index (χ1n) is 30.8. The molecule has 0 heterocycles. The Balaban J connectivity index is 0.00000138. The molecule has 0 saturated heterocycles. The van der Waals surface area contributed by atoms with Gasteiger partial charge in [-0.05, 0) is 113 Å². The molecule has 1 aliphatic carbocycles. The lowest BCUT2D eigenvalue weighted by Gasteiger charge is -2.47. The molecule has 0 fully saturated rings. The second kappa shape index (κ2) is 37.9. The van der Waals surface area contributed by atoms with Crippen molar-refractivity contribution in [3.05, 3.63) is 70.8 Å². The van der Waals surface area contributed by atoms with Crippen molar-refractivity contribution >= 4 is 37.6 Å². The number of rotatable bonds is 34. The van der Waals surface area contributed by atoms with E-state index >= 15 is 0 Å². The minimum Gasteiger partial charge on any atom is -0.304 e. The molecule has 0 saturated carbocycles. The van der Waals surface area contributed by atoms with Crippen LogP contribution in [0, 0.1) is 38.9 Å². The SMILES string of the molecule is CC.CCC(C)C.CCCC(C)(C)C(C)CN(P)CCN(CC)CC(C)(C)C(C)(C)CN(F)CCNP.CCCN(P)CCN(C)CC1(C)c2ccc(C(C)c3ccccc3)cc2CC1(CC)CCN(P)CC(C)(C)CC. The van der Waals surface area contributed by atoms with Crippen LogP contribution < -0.4 is 5.09 Å². The summed E-state index contributed by atoms with van der Waals surface area (Å²) in [6.45, 7) is 61.4. The van der Waals surface area contributed by atoms with Gasteiger partial charge in [-0.3, -0.25) is 19.1 Å². The molecule has 1 N–H and O–H groups in total. The average molecular weight is 1150 g/mol. The molecule has 3 rings (SSSR count). The van der Waals surface area contributed by atoms with Gasteiger partial charge in [0.05, 0.1) is 0 Å². The molecule has 2 aromatic rings. The Morgan fingerprint density at radius 1 is 0.688 bits per heavy atom. The first-order valence-corrected chi connectivity index (χ1v) is 32.9. The predicted molar refractivity (Wildman–Crippen MR) is 359 cm³/mol. The first kappa shape index (κ1) is 76.8. The number of nitrogens with zero attached hydrogens (tertiary/aromatic N) is 6. The van der Waals surface area contributed by atoms with E-state index in [4.69, 9.17) is 0 Å². The maximum Gasteiger partial charge on any atom is 0.0418 e. The lowest BCUT2D eigenvalue weighted by atomic mass is 9.61. The van der Waals surface area contributed by atoms with Gasteiger partial charge in [-0.2, -0.15) is 0 Å². The molecule has 0 amide bonds. The van der Waals surface area contributed by atoms with Crippen molar-refractivity contribution in [3.63, 3.8) is 0 Å². The summed E-state index contributed by atoms with van der Waals surface area (Å²) < 4.78 is 21.6. The predicted octanol–water partition coefficient (Wildman–Crippen LogP) is 17.0. The largest absolute Gasteiger partial charge is 0.304 e. The topological polar surface area (TPSA) is 31.5 Å². The molecule has 0 bridgehead atoms. The minimum atomic E-state index is -0.130. The van der Waals surface area contributed by atoms with Crippen molar-refractivity contribution < 1.29 is 4.48 Å². The quantitative estimate of drug-likeness (QED) is 0.0552. The maximum atomic E-state index is 14.3. The van der Waals surface area contributed by atoms with Crippen LogP contribution in [-0.2, 0) is 11.8 Å². The van der Waals surface area contributed by atoms with Crippen LogP contribution in [-0.4, -0.2) is 128 Å². The van der Waals surface area contributed by atoms with E-state index in [1.807, 2.05) is 13.8 Å². The molecule has 8 atom stereocenters. The smallest absolute Gasteiger partial charge is 0.0418 e. The highest BCUT2D eigenvalue weighted by atomic mass is 31.0. The van der Waals surface area contributed by atoms with Gasteiger partial charge < -0.3 is 9.80 Å². The molecule has 0 aromatic heterocycles. The first-order chi connectivity index (χ1) is 35.9. The summed E-state index contributed by atoms with van der Waals surface area (Å²) in [6.07, 6.45) is 9.83. The molecular weight excluding hydrogens is 1020 g/mol. The van der Waals surface area contributed by atoms with E-state index in [1.165, 1.54) is 62.5 Å². The number of halogens is 1. The normalized spacial score (nSPS) is 17.9. The van der Waals surface area contributed by atoms with Crippen LogP contribution in [0.3, 0.4) is 0 Å². The highest BCUT2D eigenvalue weighted by Gasteiger charge is 2.53. The van der Waals surface area contributed by atoms with Gasteiger partial charge in [-0.25, -0.2) is 0 Å². The van der Waals surface area contributed by atoms with Gasteiger partial charge in [0, 0.05) is 96.4 Å². The Morgan fingerprint density at radius 2 is 1.27 bits per heavy atom. The number of fused-ring (bicyclic) bond motifs is 1. The third kappa shape index (κ3) is 26.5. The summed E-state index contributed by atoms with van der Waals surface area (Å²) in [6, 6.07) is 18.5. The van der Waals surface area contributed by atoms with Gasteiger partial charge in [-0.1, -0.05) is 244 Å². The summed E-state index contributed by atoms with van der Waals surface area (Å²) in [5.41, 5.74) is 6.97. The fourth-order valence-corrected chi connectivity index (χ4v) is 12.5. The van der Waals surface area contributed by atoms with Crippen LogP contribution in [0.2, 0.25) is 0 Å². The van der Waals surface area contributed by atoms with Gasteiger partial charge in [0.15, 0.2) is 0 Å². The number of hydrogen-bond donors (Lipinski definition) is 1. The standard InChI is InChI=1S/C35H59N3P2.C23H53FN4P2.C5H12.C2H6/c1-9-20-37(39)23-22-36(8)27-34(7)32-18-17-30(28(4)29-15-13-12-14-16-29)24-31(32)25-35(34,11-3)19-21-38(40)26-33(5,6)10-2;1-10-12-21(4,5)20(3)17-28(30)16-15-26(11-2)18-22(6,7)23(8,9)19-27(24)14-13-25-29;1-4-5(2)3;1-2/h12-18,24,28H,9-11,19-23,25-27,39-40H2,1-8H3;20,25H,10-19,29-30H2,1-9H3;5H,4H2,1-3H3;1-2H3.